The van der Waals surface area contributed by atoms with E-state index in [1.807, 2.05) is 0 Å². The van der Waals surface area contributed by atoms with Crippen LogP contribution in [0.25, 0.3) is 0 Å². The van der Waals surface area contributed by atoms with Crippen LogP contribution >= 0.6 is 0 Å². The number of fused-ring (bicyclic) bond motifs is 1. The summed E-state index contributed by atoms with van der Waals surface area (Å²) in [6, 6.07) is 6.70. The van der Waals surface area contributed by atoms with Crippen LogP contribution in [-0.4, -0.2) is 45.3 Å². The van der Waals surface area contributed by atoms with E-state index in [1.54, 1.807) is 18.2 Å². The molecule has 1 aromatic rings. The predicted octanol–water partition coefficient (Wildman–Crippen LogP) is -0.0630. The van der Waals surface area contributed by atoms with Gasteiger partial charge in [0.05, 0.1) is 17.9 Å². The molecular formula is C15H17N3O5S. The molecule has 0 bridgehead atoms. The molecule has 1 fully saturated rings. The van der Waals surface area contributed by atoms with Crippen molar-refractivity contribution < 1.29 is 22.7 Å². The van der Waals surface area contributed by atoms with E-state index in [9.17, 15) is 18.0 Å². The zero-order chi connectivity index (χ0) is 17.2. The number of benzene rings is 1. The number of hydrogen-bond acceptors (Lipinski definition) is 6. The molecule has 8 nitrogen and oxygen atoms in total. The molecule has 24 heavy (non-hydrogen) atoms. The van der Waals surface area contributed by atoms with Gasteiger partial charge >= 0.3 is 5.97 Å². The first-order valence-corrected chi connectivity index (χ1v) is 9.06. The minimum Gasteiger partial charge on any atom is -0.456 e. The summed E-state index contributed by atoms with van der Waals surface area (Å²) < 4.78 is 31.0. The summed E-state index contributed by atoms with van der Waals surface area (Å²) in [5.41, 5.74) is 0.481. The summed E-state index contributed by atoms with van der Waals surface area (Å²) >= 11 is 0. The van der Waals surface area contributed by atoms with E-state index in [2.05, 4.69) is 15.0 Å². The van der Waals surface area contributed by atoms with E-state index in [0.29, 0.717) is 5.56 Å². The van der Waals surface area contributed by atoms with Crippen LogP contribution < -0.4 is 10.0 Å². The van der Waals surface area contributed by atoms with Crippen molar-refractivity contribution in [3.8, 4) is 0 Å². The number of sulfonamides is 1. The number of hydrogen-bond donors (Lipinski definition) is 2. The number of amidine groups is 1. The van der Waals surface area contributed by atoms with Gasteiger partial charge in [-0.1, -0.05) is 12.1 Å². The Balaban J connectivity index is 1.49. The molecule has 128 valence electrons. The maximum Gasteiger partial charge on any atom is 0.308 e. The van der Waals surface area contributed by atoms with Gasteiger partial charge in [-0.2, -0.15) is 0 Å². The number of carbonyl (C=O) groups is 2. The van der Waals surface area contributed by atoms with Gasteiger partial charge in [0.1, 0.15) is 5.84 Å². The molecule has 0 spiro atoms. The Hall–Kier alpha value is -2.42. The van der Waals surface area contributed by atoms with E-state index in [1.165, 1.54) is 6.07 Å². The fourth-order valence-electron chi connectivity index (χ4n) is 2.23. The number of esters is 1. The highest BCUT2D eigenvalue weighted by molar-refractivity contribution is 7.90. The highest BCUT2D eigenvalue weighted by Crippen LogP contribution is 2.22. The molecular weight excluding hydrogens is 334 g/mol. The minimum absolute atomic E-state index is 0.0376. The van der Waals surface area contributed by atoms with Crippen LogP contribution in [0.2, 0.25) is 0 Å². The lowest BCUT2D eigenvalue weighted by atomic mass is 10.2. The Morgan fingerprint density at radius 3 is 2.79 bits per heavy atom. The van der Waals surface area contributed by atoms with E-state index >= 15 is 0 Å². The molecule has 0 saturated heterocycles. The third-order valence-corrected chi connectivity index (χ3v) is 4.95. The van der Waals surface area contributed by atoms with E-state index in [4.69, 9.17) is 4.74 Å². The Bertz CT molecular complexity index is 799. The van der Waals surface area contributed by atoms with E-state index in [-0.39, 0.29) is 42.3 Å². The normalized spacial score (nSPS) is 19.4. The third-order valence-electron chi connectivity index (χ3n) is 3.56. The summed E-state index contributed by atoms with van der Waals surface area (Å²) in [7, 11) is -3.58. The van der Waals surface area contributed by atoms with Crippen LogP contribution in [0.4, 0.5) is 0 Å². The van der Waals surface area contributed by atoms with Crippen LogP contribution in [0.15, 0.2) is 34.2 Å². The van der Waals surface area contributed by atoms with Gasteiger partial charge in [-0.05, 0) is 25.0 Å². The van der Waals surface area contributed by atoms with Gasteiger partial charge in [0.2, 0.25) is 0 Å². The summed E-state index contributed by atoms with van der Waals surface area (Å²) in [6.45, 7) is -0.239. The molecule has 2 aliphatic rings. The first-order valence-electron chi connectivity index (χ1n) is 7.57. The van der Waals surface area contributed by atoms with Crippen LogP contribution in [0.3, 0.4) is 0 Å². The van der Waals surface area contributed by atoms with Crippen molar-refractivity contribution in [2.24, 2.45) is 4.99 Å². The lowest BCUT2D eigenvalue weighted by molar-refractivity contribution is -0.148. The average molecular weight is 351 g/mol. The fourth-order valence-corrected chi connectivity index (χ4v) is 3.48. The molecule has 2 N–H and O–H groups in total. The Labute approximate surface area is 139 Å². The van der Waals surface area contributed by atoms with Gasteiger partial charge in [0, 0.05) is 11.6 Å². The van der Waals surface area contributed by atoms with Crippen molar-refractivity contribution in [3.05, 3.63) is 29.8 Å². The zero-order valence-corrected chi connectivity index (χ0v) is 13.6. The molecule has 0 aromatic heterocycles. The quantitative estimate of drug-likeness (QED) is 0.697. The van der Waals surface area contributed by atoms with Crippen molar-refractivity contribution in [2.75, 3.05) is 13.2 Å². The van der Waals surface area contributed by atoms with Crippen molar-refractivity contribution in [1.29, 1.82) is 0 Å². The van der Waals surface area contributed by atoms with Gasteiger partial charge in [-0.15, -0.1) is 0 Å². The van der Waals surface area contributed by atoms with Crippen LogP contribution in [-0.2, 0) is 24.3 Å². The summed E-state index contributed by atoms with van der Waals surface area (Å²) in [5, 5.41) is 2.71. The first kappa shape index (κ1) is 16.4. The highest BCUT2D eigenvalue weighted by atomic mass is 32.2. The molecule has 3 rings (SSSR count). The Kier molecular flexibility index (Phi) is 4.52. The molecule has 0 atom stereocenters. The second-order valence-corrected chi connectivity index (χ2v) is 7.24. The monoisotopic (exact) mass is 351 g/mol. The molecule has 1 saturated carbocycles. The standard InChI is InChI=1S/C15H17N3O5S/c19-13(17-10-5-6-10)9-23-14(20)7-8-16-15-11-3-1-2-4-12(11)24(21,22)18-15/h1-4,10H,5-9H2,(H,16,18)(H,17,19). The summed E-state index contributed by atoms with van der Waals surface area (Å²) in [4.78, 5) is 27.3. The zero-order valence-electron chi connectivity index (χ0n) is 12.8. The molecule has 1 aliphatic carbocycles. The molecule has 1 amide bonds. The second-order valence-electron chi connectivity index (χ2n) is 5.58. The third kappa shape index (κ3) is 3.91. The van der Waals surface area contributed by atoms with E-state index < -0.39 is 16.0 Å². The summed E-state index contributed by atoms with van der Waals surface area (Å²) in [6.07, 6.45) is 1.90. The minimum atomic E-state index is -3.58. The van der Waals surface area contributed by atoms with Crippen molar-refractivity contribution in [2.45, 2.75) is 30.2 Å². The maximum absolute atomic E-state index is 11.9. The van der Waals surface area contributed by atoms with E-state index in [0.717, 1.165) is 12.8 Å². The van der Waals surface area contributed by atoms with Crippen molar-refractivity contribution in [1.82, 2.24) is 10.0 Å². The topological polar surface area (TPSA) is 114 Å². The van der Waals surface area contributed by atoms with Gasteiger partial charge in [0.15, 0.2) is 6.61 Å². The fraction of sp³-hybridized carbons (Fsp3) is 0.400. The maximum atomic E-state index is 11.9. The number of nitrogens with zero attached hydrogens (tertiary/aromatic N) is 1. The Morgan fingerprint density at radius 1 is 1.29 bits per heavy atom. The number of ether oxygens (including phenoxy) is 1. The van der Waals surface area contributed by atoms with Crippen LogP contribution in [0.1, 0.15) is 24.8 Å². The number of aliphatic imine (C=N–C) groups is 1. The number of carbonyl (C=O) groups excluding carboxylic acids is 2. The molecule has 1 aliphatic heterocycles. The molecule has 1 heterocycles. The predicted molar refractivity (Wildman–Crippen MR) is 84.9 cm³/mol. The van der Waals surface area contributed by atoms with Crippen molar-refractivity contribution >= 4 is 27.7 Å². The number of amides is 1. The smallest absolute Gasteiger partial charge is 0.308 e. The van der Waals surface area contributed by atoms with Gasteiger partial charge in [-0.3, -0.25) is 19.3 Å². The molecule has 1 aromatic carbocycles. The lowest BCUT2D eigenvalue weighted by Gasteiger charge is -2.04. The van der Waals surface area contributed by atoms with Gasteiger partial charge in [0.25, 0.3) is 15.9 Å². The van der Waals surface area contributed by atoms with Crippen LogP contribution in [0, 0.1) is 0 Å². The number of rotatable bonds is 6. The second kappa shape index (κ2) is 6.60. The van der Waals surface area contributed by atoms with Crippen molar-refractivity contribution in [3.63, 3.8) is 0 Å². The lowest BCUT2D eigenvalue weighted by Crippen LogP contribution is -2.30. The Morgan fingerprint density at radius 2 is 2.04 bits per heavy atom. The molecule has 0 unspecified atom stereocenters. The first-order chi connectivity index (χ1) is 11.5. The average Bonchev–Trinajstić information content (AvgIpc) is 3.31. The SMILES string of the molecule is O=C(COC(=O)CCN=C1NS(=O)(=O)c2ccccc21)NC1CC1. The highest BCUT2D eigenvalue weighted by Gasteiger charge is 2.30. The van der Waals surface area contributed by atoms with Crippen LogP contribution in [0.5, 0.6) is 0 Å². The van der Waals surface area contributed by atoms with Gasteiger partial charge < -0.3 is 10.1 Å². The summed E-state index contributed by atoms with van der Waals surface area (Å²) in [5.74, 6) is -0.654. The molecule has 9 heteroatoms. The molecule has 0 radical (unpaired) electrons. The largest absolute Gasteiger partial charge is 0.456 e. The van der Waals surface area contributed by atoms with Gasteiger partial charge in [-0.25, -0.2) is 8.42 Å². The number of nitrogens with one attached hydrogen (secondary N) is 2.